The summed E-state index contributed by atoms with van der Waals surface area (Å²) in [4.78, 5) is 27.4. The van der Waals surface area contributed by atoms with Crippen LogP contribution in [0.25, 0.3) is 10.8 Å². The molecule has 3 rings (SSSR count). The number of rotatable bonds is 9. The molecule has 180 valence electrons. The van der Waals surface area contributed by atoms with Gasteiger partial charge in [0.15, 0.2) is 0 Å². The molecule has 0 radical (unpaired) electrons. The van der Waals surface area contributed by atoms with Gasteiger partial charge in [-0.25, -0.2) is 12.8 Å². The van der Waals surface area contributed by atoms with Gasteiger partial charge in [-0.05, 0) is 43.0 Å². The SMILES string of the molecule is CCNC(=O)[C@@H](C)N(Cc1ccc(F)cc1)C(=O)CN(c1cccc2ccccc12)S(C)(=O)=O. The number of hydrogen-bond acceptors (Lipinski definition) is 4. The topological polar surface area (TPSA) is 86.8 Å². The van der Waals surface area contributed by atoms with Crippen molar-refractivity contribution >= 4 is 38.3 Å². The molecule has 0 fully saturated rings. The highest BCUT2D eigenvalue weighted by atomic mass is 32.2. The van der Waals surface area contributed by atoms with Crippen molar-refractivity contribution < 1.29 is 22.4 Å². The Kier molecular flexibility index (Phi) is 7.88. The zero-order valence-electron chi connectivity index (χ0n) is 19.4. The zero-order valence-corrected chi connectivity index (χ0v) is 20.2. The van der Waals surface area contributed by atoms with Gasteiger partial charge in [-0.3, -0.25) is 13.9 Å². The number of hydrogen-bond donors (Lipinski definition) is 1. The first-order valence-corrected chi connectivity index (χ1v) is 12.7. The third kappa shape index (κ3) is 5.91. The van der Waals surface area contributed by atoms with Crippen LogP contribution in [-0.4, -0.2) is 50.5 Å². The molecule has 7 nitrogen and oxygen atoms in total. The lowest BCUT2D eigenvalue weighted by Gasteiger charge is -2.31. The van der Waals surface area contributed by atoms with E-state index in [0.717, 1.165) is 15.9 Å². The highest BCUT2D eigenvalue weighted by molar-refractivity contribution is 7.92. The molecule has 0 unspecified atom stereocenters. The number of anilines is 1. The summed E-state index contributed by atoms with van der Waals surface area (Å²) in [6, 6.07) is 17.3. The average molecular weight is 486 g/mol. The molecular formula is C25H28FN3O4S. The smallest absolute Gasteiger partial charge is 0.244 e. The van der Waals surface area contributed by atoms with Crippen molar-refractivity contribution in [2.75, 3.05) is 23.7 Å². The van der Waals surface area contributed by atoms with Gasteiger partial charge in [-0.2, -0.15) is 0 Å². The molecule has 1 N–H and O–H groups in total. The summed E-state index contributed by atoms with van der Waals surface area (Å²) in [6.45, 7) is 3.26. The molecule has 0 heterocycles. The molecule has 0 saturated heterocycles. The van der Waals surface area contributed by atoms with Crippen LogP contribution in [-0.2, 0) is 26.2 Å². The Morgan fingerprint density at radius 2 is 1.65 bits per heavy atom. The molecule has 0 aromatic heterocycles. The minimum Gasteiger partial charge on any atom is -0.355 e. The fraction of sp³-hybridized carbons (Fsp3) is 0.280. The Hall–Kier alpha value is -3.46. The van der Waals surface area contributed by atoms with Crippen molar-refractivity contribution in [3.63, 3.8) is 0 Å². The van der Waals surface area contributed by atoms with Crippen molar-refractivity contribution in [2.45, 2.75) is 26.4 Å². The van der Waals surface area contributed by atoms with E-state index in [1.807, 2.05) is 18.2 Å². The molecule has 0 spiro atoms. The molecule has 34 heavy (non-hydrogen) atoms. The van der Waals surface area contributed by atoms with Crippen LogP contribution in [0.2, 0.25) is 0 Å². The number of likely N-dealkylation sites (N-methyl/N-ethyl adjacent to an activating group) is 1. The molecular weight excluding hydrogens is 457 g/mol. The van der Waals surface area contributed by atoms with Gasteiger partial charge in [-0.1, -0.05) is 48.5 Å². The summed E-state index contributed by atoms with van der Waals surface area (Å²) in [5.41, 5.74) is 0.989. The lowest BCUT2D eigenvalue weighted by Crippen LogP contribution is -2.51. The van der Waals surface area contributed by atoms with Gasteiger partial charge in [0.25, 0.3) is 0 Å². The largest absolute Gasteiger partial charge is 0.355 e. The van der Waals surface area contributed by atoms with Gasteiger partial charge >= 0.3 is 0 Å². The third-order valence-electron chi connectivity index (χ3n) is 5.50. The van der Waals surface area contributed by atoms with E-state index in [2.05, 4.69) is 5.32 Å². The Morgan fingerprint density at radius 3 is 2.29 bits per heavy atom. The Bertz CT molecular complexity index is 1270. The monoisotopic (exact) mass is 485 g/mol. The summed E-state index contributed by atoms with van der Waals surface area (Å²) < 4.78 is 40.0. The highest BCUT2D eigenvalue weighted by Gasteiger charge is 2.30. The third-order valence-corrected chi connectivity index (χ3v) is 6.63. The molecule has 9 heteroatoms. The average Bonchev–Trinajstić information content (AvgIpc) is 2.80. The van der Waals surface area contributed by atoms with Gasteiger partial charge in [0.05, 0.1) is 11.9 Å². The first kappa shape index (κ1) is 25.2. The minimum atomic E-state index is -3.84. The number of nitrogens with zero attached hydrogens (tertiary/aromatic N) is 2. The van der Waals surface area contributed by atoms with Crippen LogP contribution in [0.3, 0.4) is 0 Å². The standard InChI is InChI=1S/C25H28FN3O4S/c1-4-27-25(31)18(2)28(16-19-12-14-21(26)15-13-19)24(30)17-29(34(3,32)33)23-11-7-9-20-8-5-6-10-22(20)23/h5-15,18H,4,16-17H2,1-3H3,(H,27,31)/t18-/m1/s1. The van der Waals surface area contributed by atoms with E-state index in [0.29, 0.717) is 23.2 Å². The van der Waals surface area contributed by atoms with E-state index in [1.54, 1.807) is 38.1 Å². The van der Waals surface area contributed by atoms with E-state index in [1.165, 1.54) is 29.2 Å². The van der Waals surface area contributed by atoms with Crippen LogP contribution < -0.4 is 9.62 Å². The number of benzene rings is 3. The minimum absolute atomic E-state index is 0.0184. The van der Waals surface area contributed by atoms with E-state index in [4.69, 9.17) is 0 Å². The maximum Gasteiger partial charge on any atom is 0.244 e. The number of amides is 2. The normalized spacial score (nSPS) is 12.2. The van der Waals surface area contributed by atoms with Crippen LogP contribution in [0, 0.1) is 5.82 Å². The summed E-state index contributed by atoms with van der Waals surface area (Å²) >= 11 is 0. The quantitative estimate of drug-likeness (QED) is 0.504. The van der Waals surface area contributed by atoms with E-state index >= 15 is 0 Å². The highest BCUT2D eigenvalue weighted by Crippen LogP contribution is 2.28. The molecule has 3 aromatic rings. The van der Waals surface area contributed by atoms with Crippen LogP contribution in [0.15, 0.2) is 66.7 Å². The van der Waals surface area contributed by atoms with Gasteiger partial charge in [-0.15, -0.1) is 0 Å². The van der Waals surface area contributed by atoms with Gasteiger partial charge in [0.2, 0.25) is 21.8 Å². The fourth-order valence-corrected chi connectivity index (χ4v) is 4.57. The zero-order chi connectivity index (χ0) is 24.9. The van der Waals surface area contributed by atoms with Crippen LogP contribution in [0.5, 0.6) is 0 Å². The van der Waals surface area contributed by atoms with Gasteiger partial charge < -0.3 is 10.2 Å². The van der Waals surface area contributed by atoms with Crippen molar-refractivity contribution in [1.82, 2.24) is 10.2 Å². The maximum atomic E-state index is 13.5. The summed E-state index contributed by atoms with van der Waals surface area (Å²) in [6.07, 6.45) is 1.04. The van der Waals surface area contributed by atoms with E-state index in [-0.39, 0.29) is 12.5 Å². The van der Waals surface area contributed by atoms with Crippen LogP contribution >= 0.6 is 0 Å². The van der Waals surface area contributed by atoms with Crippen molar-refractivity contribution in [3.05, 3.63) is 78.1 Å². The molecule has 0 saturated carbocycles. The number of fused-ring (bicyclic) bond motifs is 1. The first-order valence-electron chi connectivity index (χ1n) is 10.9. The molecule has 1 atom stereocenters. The van der Waals surface area contributed by atoms with Gasteiger partial charge in [0, 0.05) is 18.5 Å². The molecule has 2 amide bonds. The lowest BCUT2D eigenvalue weighted by atomic mass is 10.1. The second kappa shape index (κ2) is 10.6. The molecule has 0 aliphatic rings. The molecule has 0 bridgehead atoms. The Morgan fingerprint density at radius 1 is 1.00 bits per heavy atom. The van der Waals surface area contributed by atoms with Crippen LogP contribution in [0.4, 0.5) is 10.1 Å². The second-order valence-electron chi connectivity index (χ2n) is 7.99. The molecule has 3 aromatic carbocycles. The van der Waals surface area contributed by atoms with Crippen molar-refractivity contribution in [3.8, 4) is 0 Å². The lowest BCUT2D eigenvalue weighted by molar-refractivity contribution is -0.139. The summed E-state index contributed by atoms with van der Waals surface area (Å²) in [7, 11) is -3.84. The number of nitrogens with one attached hydrogen (secondary N) is 1. The van der Waals surface area contributed by atoms with E-state index in [9.17, 15) is 22.4 Å². The van der Waals surface area contributed by atoms with Gasteiger partial charge in [0.1, 0.15) is 18.4 Å². The molecule has 0 aliphatic heterocycles. The predicted octanol–water partition coefficient (Wildman–Crippen LogP) is 3.30. The number of carbonyl (C=O) groups is 2. The van der Waals surface area contributed by atoms with Crippen LogP contribution in [0.1, 0.15) is 19.4 Å². The number of sulfonamides is 1. The first-order chi connectivity index (χ1) is 16.1. The van der Waals surface area contributed by atoms with Crippen molar-refractivity contribution in [1.29, 1.82) is 0 Å². The summed E-state index contributed by atoms with van der Waals surface area (Å²) in [5.74, 6) is -1.34. The number of halogens is 1. The van der Waals surface area contributed by atoms with E-state index < -0.39 is 34.3 Å². The Labute approximate surface area is 199 Å². The maximum absolute atomic E-state index is 13.5. The summed E-state index contributed by atoms with van der Waals surface area (Å²) in [5, 5.41) is 4.21. The number of carbonyl (C=O) groups excluding carboxylic acids is 2. The second-order valence-corrected chi connectivity index (χ2v) is 9.89. The fourth-order valence-electron chi connectivity index (χ4n) is 3.71. The predicted molar refractivity (Wildman–Crippen MR) is 131 cm³/mol. The Balaban J connectivity index is 1.98. The molecule has 0 aliphatic carbocycles. The van der Waals surface area contributed by atoms with Crippen molar-refractivity contribution in [2.24, 2.45) is 0 Å².